The van der Waals surface area contributed by atoms with Crippen LogP contribution in [-0.4, -0.2) is 102 Å². The normalized spacial score (nSPS) is 15.6. The fraction of sp³-hybridized carbons (Fsp3) is 0.577. The first-order valence-electron chi connectivity index (χ1n) is 13.3. The molecule has 0 atom stereocenters. The molecule has 0 aliphatic carbocycles. The number of nitrogens with one attached hydrogen (secondary N) is 1. The molecule has 3 aromatic rings. The summed E-state index contributed by atoms with van der Waals surface area (Å²) < 4.78 is 37.1. The summed E-state index contributed by atoms with van der Waals surface area (Å²) in [5, 5.41) is 0. The highest BCUT2D eigenvalue weighted by Crippen LogP contribution is 2.33. The third-order valence-corrected chi connectivity index (χ3v) is 8.76. The zero-order valence-corrected chi connectivity index (χ0v) is 24.4. The Hall–Kier alpha value is -3.00. The molecular formula is C26H39N7O5S. The van der Waals surface area contributed by atoms with E-state index in [4.69, 9.17) is 4.74 Å². The number of aromatic nitrogens is 4. The molecule has 0 spiro atoms. The maximum absolute atomic E-state index is 13.6. The van der Waals surface area contributed by atoms with Crippen molar-refractivity contribution in [1.82, 2.24) is 33.2 Å². The van der Waals surface area contributed by atoms with Crippen molar-refractivity contribution >= 4 is 21.2 Å². The van der Waals surface area contributed by atoms with Crippen molar-refractivity contribution in [3.05, 3.63) is 39.0 Å². The monoisotopic (exact) mass is 561 g/mol. The Kier molecular flexibility index (Phi) is 8.64. The maximum Gasteiger partial charge on any atom is 0.332 e. The van der Waals surface area contributed by atoms with E-state index in [0.29, 0.717) is 50.6 Å². The summed E-state index contributed by atoms with van der Waals surface area (Å²) in [6, 6.07) is 4.69. The number of hydrogen-bond acceptors (Lipinski definition) is 8. The fourth-order valence-electron chi connectivity index (χ4n) is 4.71. The maximum atomic E-state index is 13.6. The van der Waals surface area contributed by atoms with Crippen LogP contribution < -0.4 is 16.0 Å². The van der Waals surface area contributed by atoms with Crippen LogP contribution in [0.15, 0.2) is 32.7 Å². The lowest BCUT2D eigenvalue weighted by Crippen LogP contribution is -2.49. The molecular weight excluding hydrogens is 522 g/mol. The van der Waals surface area contributed by atoms with Crippen LogP contribution in [0.4, 0.5) is 0 Å². The average Bonchev–Trinajstić information content (AvgIpc) is 3.34. The molecule has 0 saturated carbocycles. The molecule has 12 nitrogen and oxygen atoms in total. The fourth-order valence-corrected chi connectivity index (χ4v) is 6.16. The van der Waals surface area contributed by atoms with Gasteiger partial charge in [-0.05, 0) is 45.1 Å². The highest BCUT2D eigenvalue weighted by molar-refractivity contribution is 7.89. The molecule has 1 aliphatic rings. The number of H-pyrrole nitrogens is 1. The van der Waals surface area contributed by atoms with Crippen molar-refractivity contribution in [2.45, 2.75) is 32.2 Å². The Labute approximate surface area is 228 Å². The van der Waals surface area contributed by atoms with Gasteiger partial charge in [0.1, 0.15) is 17.1 Å². The minimum Gasteiger partial charge on any atom is -0.493 e. The minimum absolute atomic E-state index is 0.121. The second-order valence-electron chi connectivity index (χ2n) is 10.6. The summed E-state index contributed by atoms with van der Waals surface area (Å²) in [6.45, 7) is 10.5. The van der Waals surface area contributed by atoms with Crippen LogP contribution in [0.3, 0.4) is 0 Å². The number of fused-ring (bicyclic) bond motifs is 1. The first-order chi connectivity index (χ1) is 18.4. The van der Waals surface area contributed by atoms with Gasteiger partial charge in [0.25, 0.3) is 5.56 Å². The number of benzene rings is 1. The Balaban J connectivity index is 1.74. The Morgan fingerprint density at radius 3 is 2.44 bits per heavy atom. The van der Waals surface area contributed by atoms with Crippen molar-refractivity contribution in [2.24, 2.45) is 13.0 Å². The van der Waals surface area contributed by atoms with E-state index in [0.717, 1.165) is 17.7 Å². The third kappa shape index (κ3) is 5.96. The van der Waals surface area contributed by atoms with Gasteiger partial charge in [0.05, 0.1) is 17.1 Å². The number of piperazine rings is 1. The van der Waals surface area contributed by atoms with Gasteiger partial charge in [0.15, 0.2) is 5.65 Å². The second-order valence-corrected chi connectivity index (χ2v) is 12.5. The van der Waals surface area contributed by atoms with Crippen LogP contribution in [0.5, 0.6) is 5.75 Å². The Bertz CT molecular complexity index is 1550. The van der Waals surface area contributed by atoms with E-state index in [1.807, 2.05) is 34.9 Å². The smallest absolute Gasteiger partial charge is 0.332 e. The van der Waals surface area contributed by atoms with Crippen LogP contribution in [0.1, 0.15) is 20.8 Å². The van der Waals surface area contributed by atoms with Gasteiger partial charge in [-0.25, -0.2) is 18.2 Å². The topological polar surface area (TPSA) is 126 Å². The minimum atomic E-state index is -3.78. The van der Waals surface area contributed by atoms with Crippen molar-refractivity contribution < 1.29 is 13.2 Å². The molecule has 1 N–H and O–H groups in total. The molecule has 39 heavy (non-hydrogen) atoms. The zero-order chi connectivity index (χ0) is 28.5. The van der Waals surface area contributed by atoms with E-state index >= 15 is 0 Å². The van der Waals surface area contributed by atoms with Gasteiger partial charge in [-0.15, -0.1) is 0 Å². The lowest BCUT2D eigenvalue weighted by molar-refractivity contribution is 0.174. The molecule has 0 amide bonds. The summed E-state index contributed by atoms with van der Waals surface area (Å²) in [5.41, 5.74) is -0.133. The number of nitrogens with zero attached hydrogens (tertiary/aromatic N) is 6. The molecule has 214 valence electrons. The van der Waals surface area contributed by atoms with Crippen LogP contribution in [-0.2, 0) is 23.6 Å². The van der Waals surface area contributed by atoms with Crippen LogP contribution >= 0.6 is 0 Å². The third-order valence-electron chi connectivity index (χ3n) is 6.86. The first-order valence-corrected chi connectivity index (χ1v) is 14.7. The van der Waals surface area contributed by atoms with Crippen molar-refractivity contribution in [3.8, 4) is 17.1 Å². The van der Waals surface area contributed by atoms with E-state index in [1.54, 1.807) is 12.1 Å². The summed E-state index contributed by atoms with van der Waals surface area (Å²) in [7, 11) is 1.70. The number of hydrogen-bond donors (Lipinski definition) is 1. The summed E-state index contributed by atoms with van der Waals surface area (Å²) in [6.07, 6.45) is 0. The molecule has 3 heterocycles. The number of likely N-dealkylation sites (N-methyl/N-ethyl adjacent to an activating group) is 1. The molecule has 1 aromatic carbocycles. The molecule has 0 radical (unpaired) electrons. The van der Waals surface area contributed by atoms with Crippen LogP contribution in [0.25, 0.3) is 22.6 Å². The van der Waals surface area contributed by atoms with E-state index in [2.05, 4.69) is 19.8 Å². The van der Waals surface area contributed by atoms with Gasteiger partial charge in [-0.1, -0.05) is 13.8 Å². The molecule has 0 bridgehead atoms. The largest absolute Gasteiger partial charge is 0.493 e. The van der Waals surface area contributed by atoms with Crippen LogP contribution in [0, 0.1) is 5.92 Å². The van der Waals surface area contributed by atoms with E-state index < -0.39 is 21.3 Å². The average molecular weight is 562 g/mol. The van der Waals surface area contributed by atoms with Crippen molar-refractivity contribution in [2.75, 3.05) is 60.0 Å². The molecule has 0 unspecified atom stereocenters. The number of imidazole rings is 1. The number of aromatic amines is 1. The van der Waals surface area contributed by atoms with Gasteiger partial charge in [-0.3, -0.25) is 18.8 Å². The van der Waals surface area contributed by atoms with Crippen molar-refractivity contribution in [3.63, 3.8) is 0 Å². The standard InChI is InChI=1S/C26H39N7O5S/c1-7-38-21-9-8-19(39(36,37)32-14-12-31(13-15-32)11-10-29(4)5)16-20(21)23-27-22-24(28-23)33(17-18(2)3)26(35)30(6)25(22)34/h8-9,16,18H,7,10-15,17H2,1-6H3,(H,27,28). The molecule has 1 fully saturated rings. The zero-order valence-electron chi connectivity index (χ0n) is 23.6. The number of sulfonamides is 1. The lowest BCUT2D eigenvalue weighted by Gasteiger charge is -2.34. The molecule has 4 rings (SSSR count). The number of rotatable bonds is 10. The van der Waals surface area contributed by atoms with Crippen molar-refractivity contribution in [1.29, 1.82) is 0 Å². The highest BCUT2D eigenvalue weighted by atomic mass is 32.2. The summed E-state index contributed by atoms with van der Waals surface area (Å²) in [4.78, 5) is 38.0. The Morgan fingerprint density at radius 2 is 1.82 bits per heavy atom. The predicted molar refractivity (Wildman–Crippen MR) is 151 cm³/mol. The van der Waals surface area contributed by atoms with Gasteiger partial charge >= 0.3 is 5.69 Å². The molecule has 2 aromatic heterocycles. The lowest BCUT2D eigenvalue weighted by atomic mass is 10.2. The number of ether oxygens (including phenoxy) is 1. The molecule has 1 saturated heterocycles. The van der Waals surface area contributed by atoms with Gasteiger partial charge in [0.2, 0.25) is 10.0 Å². The summed E-state index contributed by atoms with van der Waals surface area (Å²) in [5.74, 6) is 0.831. The first kappa shape index (κ1) is 29.0. The van der Waals surface area contributed by atoms with E-state index in [-0.39, 0.29) is 27.8 Å². The summed E-state index contributed by atoms with van der Waals surface area (Å²) >= 11 is 0. The van der Waals surface area contributed by atoms with E-state index in [1.165, 1.54) is 22.0 Å². The molecule has 13 heteroatoms. The van der Waals surface area contributed by atoms with E-state index in [9.17, 15) is 18.0 Å². The highest BCUT2D eigenvalue weighted by Gasteiger charge is 2.30. The van der Waals surface area contributed by atoms with Gasteiger partial charge in [-0.2, -0.15) is 4.31 Å². The SMILES string of the molecule is CCOc1ccc(S(=O)(=O)N2CCN(CCN(C)C)CC2)cc1-c1nc2c([nH]1)c(=O)n(C)c(=O)n2CC(C)C. The Morgan fingerprint density at radius 1 is 1.13 bits per heavy atom. The van der Waals surface area contributed by atoms with Gasteiger partial charge in [0, 0.05) is 52.9 Å². The van der Waals surface area contributed by atoms with Gasteiger partial charge < -0.3 is 14.6 Å². The van der Waals surface area contributed by atoms with Crippen LogP contribution in [0.2, 0.25) is 0 Å². The predicted octanol–water partition coefficient (Wildman–Crippen LogP) is 1.01. The molecule has 1 aliphatic heterocycles. The second kappa shape index (κ2) is 11.6. The quantitative estimate of drug-likeness (QED) is 0.389.